The number of hydrogen-bond acceptors (Lipinski definition) is 2. The second-order valence-corrected chi connectivity index (χ2v) is 7.52. The third-order valence-corrected chi connectivity index (χ3v) is 5.81. The largest absolute Gasteiger partial charge is 0.461 e. The Kier molecular flexibility index (Phi) is 5.56. The number of ether oxygens (including phenoxy) is 1. The van der Waals surface area contributed by atoms with Gasteiger partial charge in [-0.15, -0.1) is 0 Å². The number of carbonyl (C=O) groups excluding carboxylic acids is 1. The van der Waals surface area contributed by atoms with Crippen molar-refractivity contribution in [3.8, 4) is 0 Å². The minimum absolute atomic E-state index is 0.0115. The molecule has 0 spiro atoms. The van der Waals surface area contributed by atoms with Crippen molar-refractivity contribution >= 4 is 21.9 Å². The fourth-order valence-corrected chi connectivity index (χ4v) is 4.19. The van der Waals surface area contributed by atoms with Crippen molar-refractivity contribution in [1.29, 1.82) is 0 Å². The minimum atomic E-state index is -0.0115. The summed E-state index contributed by atoms with van der Waals surface area (Å²) in [5.41, 5.74) is 2.95. The van der Waals surface area contributed by atoms with Gasteiger partial charge in [-0.2, -0.15) is 0 Å². The Morgan fingerprint density at radius 3 is 2.32 bits per heavy atom. The van der Waals surface area contributed by atoms with Crippen molar-refractivity contribution in [2.75, 3.05) is 5.33 Å². The molecular weight excluding hydrogens is 340 g/mol. The predicted octanol–water partition coefficient (Wildman–Crippen LogP) is 4.99. The number of benzene rings is 1. The van der Waals surface area contributed by atoms with Crippen LogP contribution in [0.4, 0.5) is 0 Å². The maximum atomic E-state index is 10.9. The van der Waals surface area contributed by atoms with E-state index in [1.165, 1.54) is 56.1 Å². The zero-order chi connectivity index (χ0) is 15.4. The van der Waals surface area contributed by atoms with Crippen LogP contribution in [0.25, 0.3) is 0 Å². The van der Waals surface area contributed by atoms with Crippen LogP contribution in [-0.4, -0.2) is 17.4 Å². The summed E-state index contributed by atoms with van der Waals surface area (Å²) in [5.74, 6) is 1.30. The average molecular weight is 365 g/mol. The lowest BCUT2D eigenvalue weighted by Crippen LogP contribution is -2.40. The summed E-state index contributed by atoms with van der Waals surface area (Å²) in [5, 5.41) is 1.10. The highest BCUT2D eigenvalue weighted by atomic mass is 79.9. The van der Waals surface area contributed by atoms with Gasteiger partial charge in [0.25, 0.3) is 0 Å². The van der Waals surface area contributed by atoms with E-state index in [0.29, 0.717) is 18.3 Å². The Morgan fingerprint density at radius 1 is 1.05 bits per heavy atom. The third-order valence-electron chi connectivity index (χ3n) is 5.25. The summed E-state index contributed by atoms with van der Waals surface area (Å²) in [6.45, 7) is 0. The highest BCUT2D eigenvalue weighted by Crippen LogP contribution is 2.40. The Bertz CT molecular complexity index is 481. The van der Waals surface area contributed by atoms with Crippen LogP contribution in [0.3, 0.4) is 0 Å². The molecular formula is C19H25BrO2. The molecule has 0 bridgehead atoms. The number of hydrogen-bond donors (Lipinski definition) is 0. The molecule has 2 fully saturated rings. The van der Waals surface area contributed by atoms with Gasteiger partial charge in [0.1, 0.15) is 6.10 Å². The second-order valence-electron chi connectivity index (χ2n) is 6.73. The van der Waals surface area contributed by atoms with Gasteiger partial charge in [0.2, 0.25) is 0 Å². The maximum Gasteiger partial charge on any atom is 0.309 e. The maximum absolute atomic E-state index is 10.9. The molecule has 1 saturated heterocycles. The number of alkyl halides is 1. The number of unbranched alkanes of at least 4 members (excludes halogenated alkanes) is 1. The highest BCUT2D eigenvalue weighted by Gasteiger charge is 2.37. The summed E-state index contributed by atoms with van der Waals surface area (Å²) in [7, 11) is 0. The minimum Gasteiger partial charge on any atom is -0.461 e. The molecule has 3 rings (SSSR count). The molecule has 3 heteroatoms. The van der Waals surface area contributed by atoms with E-state index >= 15 is 0 Å². The van der Waals surface area contributed by atoms with Gasteiger partial charge in [0, 0.05) is 5.33 Å². The van der Waals surface area contributed by atoms with Crippen molar-refractivity contribution in [2.45, 2.75) is 63.4 Å². The van der Waals surface area contributed by atoms with Crippen molar-refractivity contribution in [2.24, 2.45) is 5.92 Å². The molecule has 1 aromatic carbocycles. The smallest absolute Gasteiger partial charge is 0.309 e. The van der Waals surface area contributed by atoms with Gasteiger partial charge in [-0.05, 0) is 67.9 Å². The second kappa shape index (κ2) is 7.63. The quantitative estimate of drug-likeness (QED) is 0.403. The molecule has 0 amide bonds. The fourth-order valence-electron chi connectivity index (χ4n) is 3.79. The van der Waals surface area contributed by atoms with Crippen LogP contribution in [0.15, 0.2) is 24.3 Å². The monoisotopic (exact) mass is 364 g/mol. The Hall–Kier alpha value is -0.830. The number of aryl methyl sites for hydroxylation is 1. The molecule has 0 aromatic heterocycles. The van der Waals surface area contributed by atoms with Crippen molar-refractivity contribution in [3.63, 3.8) is 0 Å². The number of halogens is 1. The van der Waals surface area contributed by atoms with Crippen LogP contribution in [0.5, 0.6) is 0 Å². The number of rotatable bonds is 6. The van der Waals surface area contributed by atoms with Gasteiger partial charge in [-0.1, -0.05) is 40.2 Å². The van der Waals surface area contributed by atoms with Gasteiger partial charge in [-0.3, -0.25) is 4.79 Å². The van der Waals surface area contributed by atoms with Crippen LogP contribution < -0.4 is 0 Å². The summed E-state index contributed by atoms with van der Waals surface area (Å²) in [4.78, 5) is 10.9. The highest BCUT2D eigenvalue weighted by molar-refractivity contribution is 9.09. The van der Waals surface area contributed by atoms with E-state index in [1.807, 2.05) is 0 Å². The van der Waals surface area contributed by atoms with E-state index in [4.69, 9.17) is 4.74 Å². The molecule has 1 unspecified atom stereocenters. The molecule has 2 nitrogen and oxygen atoms in total. The Morgan fingerprint density at radius 2 is 1.73 bits per heavy atom. The molecule has 1 atom stereocenters. The van der Waals surface area contributed by atoms with Crippen LogP contribution in [-0.2, 0) is 16.0 Å². The molecule has 2 aliphatic rings. The first-order chi connectivity index (χ1) is 10.8. The topological polar surface area (TPSA) is 26.3 Å². The van der Waals surface area contributed by atoms with Gasteiger partial charge < -0.3 is 4.74 Å². The lowest BCUT2D eigenvalue weighted by Gasteiger charge is -2.37. The van der Waals surface area contributed by atoms with Crippen LogP contribution in [0, 0.1) is 5.92 Å². The van der Waals surface area contributed by atoms with E-state index in [9.17, 15) is 4.79 Å². The van der Waals surface area contributed by atoms with Gasteiger partial charge in [-0.25, -0.2) is 0 Å². The summed E-state index contributed by atoms with van der Waals surface area (Å²) in [6, 6.07) is 9.28. The average Bonchev–Trinajstić information content (AvgIpc) is 2.53. The Labute approximate surface area is 141 Å². The summed E-state index contributed by atoms with van der Waals surface area (Å²) >= 11 is 3.49. The molecule has 1 saturated carbocycles. The molecule has 0 N–H and O–H groups in total. The molecule has 1 aliphatic heterocycles. The first-order valence-corrected chi connectivity index (χ1v) is 9.72. The lowest BCUT2D eigenvalue weighted by atomic mass is 9.75. The first kappa shape index (κ1) is 16.0. The number of carbonyl (C=O) groups is 1. The summed E-state index contributed by atoms with van der Waals surface area (Å²) < 4.78 is 5.24. The normalized spacial score (nSPS) is 28.0. The third kappa shape index (κ3) is 3.92. The molecule has 22 heavy (non-hydrogen) atoms. The fraction of sp³-hybridized carbons (Fsp3) is 0.632. The van der Waals surface area contributed by atoms with Crippen LogP contribution in [0.2, 0.25) is 0 Å². The van der Waals surface area contributed by atoms with E-state index in [1.54, 1.807) is 0 Å². The van der Waals surface area contributed by atoms with E-state index in [2.05, 4.69) is 40.2 Å². The number of cyclic esters (lactones) is 1. The first-order valence-electron chi connectivity index (χ1n) is 8.60. The molecule has 1 aliphatic carbocycles. The molecule has 120 valence electrons. The van der Waals surface area contributed by atoms with Gasteiger partial charge >= 0.3 is 5.97 Å². The van der Waals surface area contributed by atoms with Crippen LogP contribution in [0.1, 0.15) is 62.0 Å². The van der Waals surface area contributed by atoms with E-state index in [0.717, 1.165) is 5.33 Å². The Balaban J connectivity index is 1.47. The van der Waals surface area contributed by atoms with E-state index < -0.39 is 0 Å². The zero-order valence-corrected chi connectivity index (χ0v) is 14.7. The lowest BCUT2D eigenvalue weighted by molar-refractivity contribution is -0.176. The SMILES string of the molecule is O=C1CC(C2CCC(c3ccc(CCCCBr)cc3)CC2)O1. The predicted molar refractivity (Wildman–Crippen MR) is 92.4 cm³/mol. The summed E-state index contributed by atoms with van der Waals surface area (Å²) in [6.07, 6.45) is 9.46. The van der Waals surface area contributed by atoms with E-state index in [-0.39, 0.29) is 12.1 Å². The van der Waals surface area contributed by atoms with Gasteiger partial charge in [0.15, 0.2) is 0 Å². The molecule has 1 aromatic rings. The molecule has 0 radical (unpaired) electrons. The van der Waals surface area contributed by atoms with Crippen molar-refractivity contribution in [3.05, 3.63) is 35.4 Å². The van der Waals surface area contributed by atoms with Crippen molar-refractivity contribution < 1.29 is 9.53 Å². The zero-order valence-electron chi connectivity index (χ0n) is 13.1. The standard InChI is InChI=1S/C19H25BrO2/c20-12-2-1-3-14-4-6-15(7-5-14)16-8-10-17(11-9-16)18-13-19(21)22-18/h4-7,16-18H,1-3,8-13H2. The number of esters is 1. The van der Waals surface area contributed by atoms with Crippen molar-refractivity contribution in [1.82, 2.24) is 0 Å². The van der Waals surface area contributed by atoms with Gasteiger partial charge in [0.05, 0.1) is 6.42 Å². The molecule has 1 heterocycles. The van der Waals surface area contributed by atoms with Crippen LogP contribution >= 0.6 is 15.9 Å².